The molecule has 0 bridgehead atoms. The van der Waals surface area contributed by atoms with Gasteiger partial charge in [0, 0.05) is 25.2 Å². The first-order chi connectivity index (χ1) is 9.77. The molecule has 0 unspecified atom stereocenters. The Kier molecular flexibility index (Phi) is 14.5. The maximum atomic E-state index is 10.1. The van der Waals surface area contributed by atoms with Gasteiger partial charge in [0.25, 0.3) is 0 Å². The summed E-state index contributed by atoms with van der Waals surface area (Å²) in [5, 5.41) is 8.33. The van der Waals surface area contributed by atoms with E-state index in [1.165, 1.54) is 44.9 Å². The second-order valence-corrected chi connectivity index (χ2v) is 5.04. The zero-order valence-electron chi connectivity index (χ0n) is 12.8. The van der Waals surface area contributed by atoms with Gasteiger partial charge >= 0.3 is 5.97 Å². The predicted octanol–water partition coefficient (Wildman–Crippen LogP) is 4.78. The van der Waals surface area contributed by atoms with Gasteiger partial charge in [-0.2, -0.15) is 0 Å². The van der Waals surface area contributed by atoms with E-state index in [4.69, 9.17) is 5.11 Å². The molecule has 0 aromatic carbocycles. The van der Waals surface area contributed by atoms with Crippen molar-refractivity contribution in [1.29, 1.82) is 0 Å². The number of hydrogen-bond donors (Lipinski definition) is 1. The van der Waals surface area contributed by atoms with Crippen LogP contribution in [0.1, 0.15) is 84.0 Å². The molecule has 0 aliphatic rings. The fourth-order valence-electron chi connectivity index (χ4n) is 1.91. The topological polar surface area (TPSA) is 37.3 Å². The minimum Gasteiger partial charge on any atom is -0.472 e. The molecule has 0 aliphatic carbocycles. The summed E-state index contributed by atoms with van der Waals surface area (Å²) in [5.74, 6) is 10.3. The van der Waals surface area contributed by atoms with Crippen molar-refractivity contribution in [3.8, 4) is 23.7 Å². The van der Waals surface area contributed by atoms with Gasteiger partial charge < -0.3 is 5.11 Å². The number of rotatable bonds is 10. The summed E-state index contributed by atoms with van der Waals surface area (Å²) in [4.78, 5) is 10.1. The smallest absolute Gasteiger partial charge is 0.381 e. The van der Waals surface area contributed by atoms with E-state index in [9.17, 15) is 4.79 Å². The van der Waals surface area contributed by atoms with E-state index in [0.29, 0.717) is 6.42 Å². The van der Waals surface area contributed by atoms with E-state index in [0.717, 1.165) is 25.7 Å². The molecule has 2 nitrogen and oxygen atoms in total. The van der Waals surface area contributed by atoms with Crippen LogP contribution in [0.4, 0.5) is 0 Å². The third kappa shape index (κ3) is 16.6. The van der Waals surface area contributed by atoms with E-state index < -0.39 is 5.97 Å². The molecule has 1 N–H and O–H groups in total. The van der Waals surface area contributed by atoms with Crippen LogP contribution in [0.25, 0.3) is 0 Å². The highest BCUT2D eigenvalue weighted by Gasteiger charge is 1.90. The van der Waals surface area contributed by atoms with Crippen molar-refractivity contribution in [2.24, 2.45) is 0 Å². The zero-order chi connectivity index (χ0) is 14.9. The summed E-state index contributed by atoms with van der Waals surface area (Å²) in [5.41, 5.74) is 0. The highest BCUT2D eigenvalue weighted by molar-refractivity contribution is 5.86. The van der Waals surface area contributed by atoms with E-state index >= 15 is 0 Å². The molecule has 0 aliphatic heterocycles. The van der Waals surface area contributed by atoms with Gasteiger partial charge in [0.1, 0.15) is 0 Å². The van der Waals surface area contributed by atoms with Gasteiger partial charge in [0.05, 0.1) is 0 Å². The lowest BCUT2D eigenvalue weighted by Gasteiger charge is -1.97. The molecule has 0 rings (SSSR count). The molecule has 0 spiro atoms. The molecular formula is C18H28O2. The molecule has 0 radical (unpaired) electrons. The van der Waals surface area contributed by atoms with Gasteiger partial charge in [-0.15, -0.1) is 11.8 Å². The summed E-state index contributed by atoms with van der Waals surface area (Å²) in [6, 6.07) is 0. The fourth-order valence-corrected chi connectivity index (χ4v) is 1.91. The van der Waals surface area contributed by atoms with Crippen LogP contribution in [0.15, 0.2) is 0 Å². The number of hydrogen-bond acceptors (Lipinski definition) is 1. The maximum absolute atomic E-state index is 10.1. The summed E-state index contributed by atoms with van der Waals surface area (Å²) in [6.07, 6.45) is 13.7. The molecular weight excluding hydrogens is 248 g/mol. The predicted molar refractivity (Wildman–Crippen MR) is 84.3 cm³/mol. The van der Waals surface area contributed by atoms with Crippen LogP contribution >= 0.6 is 0 Å². The van der Waals surface area contributed by atoms with Gasteiger partial charge in [0.15, 0.2) is 0 Å². The van der Waals surface area contributed by atoms with Crippen LogP contribution in [0.5, 0.6) is 0 Å². The lowest BCUT2D eigenvalue weighted by Crippen LogP contribution is -1.86. The second kappa shape index (κ2) is 15.6. The Morgan fingerprint density at radius 2 is 1.20 bits per heavy atom. The van der Waals surface area contributed by atoms with E-state index in [-0.39, 0.29) is 0 Å². The zero-order valence-corrected chi connectivity index (χ0v) is 12.8. The van der Waals surface area contributed by atoms with Crippen LogP contribution in [0.2, 0.25) is 0 Å². The number of aliphatic carboxylic acids is 1. The number of carbonyl (C=O) groups is 1. The van der Waals surface area contributed by atoms with Crippen LogP contribution < -0.4 is 0 Å². The van der Waals surface area contributed by atoms with Crippen LogP contribution in [0.3, 0.4) is 0 Å². The summed E-state index contributed by atoms with van der Waals surface area (Å²) in [7, 11) is 0. The van der Waals surface area contributed by atoms with Crippen LogP contribution in [0, 0.1) is 23.7 Å². The van der Waals surface area contributed by atoms with E-state index in [1.807, 2.05) is 0 Å². The first kappa shape index (κ1) is 18.6. The van der Waals surface area contributed by atoms with E-state index in [2.05, 4.69) is 30.6 Å². The molecule has 20 heavy (non-hydrogen) atoms. The largest absolute Gasteiger partial charge is 0.472 e. The minimum absolute atomic E-state index is 0.704. The Morgan fingerprint density at radius 3 is 1.70 bits per heavy atom. The number of carboxylic acids is 1. The summed E-state index contributed by atoms with van der Waals surface area (Å²) < 4.78 is 0. The Hall–Kier alpha value is -1.41. The van der Waals surface area contributed by atoms with Crippen molar-refractivity contribution in [2.45, 2.75) is 84.0 Å². The monoisotopic (exact) mass is 276 g/mol. The van der Waals surface area contributed by atoms with Gasteiger partial charge in [-0.25, -0.2) is 4.79 Å². The SMILES string of the molecule is CCCCCC#CCCCCCCCCC#CC(=O)O. The molecule has 0 saturated heterocycles. The third-order valence-corrected chi connectivity index (χ3v) is 3.08. The quantitative estimate of drug-likeness (QED) is 0.460. The molecule has 2 heteroatoms. The first-order valence-electron chi connectivity index (χ1n) is 7.95. The lowest BCUT2D eigenvalue weighted by atomic mass is 10.1. The molecule has 112 valence electrons. The van der Waals surface area contributed by atoms with E-state index in [1.54, 1.807) is 0 Å². The molecule has 0 amide bonds. The van der Waals surface area contributed by atoms with Crippen LogP contribution in [-0.4, -0.2) is 11.1 Å². The van der Waals surface area contributed by atoms with Gasteiger partial charge in [0.2, 0.25) is 0 Å². The van der Waals surface area contributed by atoms with Gasteiger partial charge in [-0.05, 0) is 19.3 Å². The minimum atomic E-state index is -1.03. The van der Waals surface area contributed by atoms with Crippen LogP contribution in [-0.2, 0) is 4.79 Å². The first-order valence-corrected chi connectivity index (χ1v) is 7.95. The van der Waals surface area contributed by atoms with Crippen molar-refractivity contribution in [3.05, 3.63) is 0 Å². The Morgan fingerprint density at radius 1 is 0.750 bits per heavy atom. The molecule has 0 atom stereocenters. The normalized spacial score (nSPS) is 9.25. The summed E-state index contributed by atoms with van der Waals surface area (Å²) in [6.45, 7) is 2.21. The Bertz CT molecular complexity index is 349. The van der Waals surface area contributed by atoms with Gasteiger partial charge in [-0.1, -0.05) is 51.4 Å². The van der Waals surface area contributed by atoms with Crippen molar-refractivity contribution in [2.75, 3.05) is 0 Å². The van der Waals surface area contributed by atoms with Crippen molar-refractivity contribution >= 4 is 5.97 Å². The number of carboxylic acid groups (broad SMARTS) is 1. The fraction of sp³-hybridized carbons (Fsp3) is 0.722. The lowest BCUT2D eigenvalue weighted by molar-refractivity contribution is -0.130. The Labute approximate surface area is 124 Å². The second-order valence-electron chi connectivity index (χ2n) is 5.04. The standard InChI is InChI=1S/C18H28O2/c1-2-3-4-5-6-7-8-9-10-11-12-13-14-15-16-17-18(19)20/h2-5,8-15H2,1H3,(H,19,20). The van der Waals surface area contributed by atoms with Gasteiger partial charge in [-0.3, -0.25) is 0 Å². The number of unbranched alkanes of at least 4 members (excludes halogenated alkanes) is 10. The van der Waals surface area contributed by atoms with Crippen molar-refractivity contribution < 1.29 is 9.90 Å². The molecule has 0 aromatic rings. The van der Waals surface area contributed by atoms with Crippen molar-refractivity contribution in [1.82, 2.24) is 0 Å². The Balaban J connectivity index is 3.17. The summed E-state index contributed by atoms with van der Waals surface area (Å²) >= 11 is 0. The maximum Gasteiger partial charge on any atom is 0.381 e. The molecule has 0 heterocycles. The van der Waals surface area contributed by atoms with Crippen molar-refractivity contribution in [3.63, 3.8) is 0 Å². The molecule has 0 aromatic heterocycles. The molecule has 0 fully saturated rings. The highest BCUT2D eigenvalue weighted by atomic mass is 16.4. The average molecular weight is 276 g/mol. The average Bonchev–Trinajstić information content (AvgIpc) is 2.43. The highest BCUT2D eigenvalue weighted by Crippen LogP contribution is 2.08. The third-order valence-electron chi connectivity index (χ3n) is 3.08. The molecule has 0 saturated carbocycles.